The van der Waals surface area contributed by atoms with Gasteiger partial charge in [-0.25, -0.2) is 8.42 Å². The van der Waals surface area contributed by atoms with Crippen molar-refractivity contribution in [1.82, 2.24) is 10.2 Å². The third kappa shape index (κ3) is 8.67. The molecule has 0 aromatic heterocycles. The van der Waals surface area contributed by atoms with Gasteiger partial charge in [0.1, 0.15) is 18.3 Å². The maximum absolute atomic E-state index is 14.4. The van der Waals surface area contributed by atoms with E-state index in [1.54, 1.807) is 48.5 Å². The fourth-order valence-corrected chi connectivity index (χ4v) is 6.71. The van der Waals surface area contributed by atoms with Gasteiger partial charge in [0.15, 0.2) is 0 Å². The van der Waals surface area contributed by atoms with E-state index in [0.717, 1.165) is 25.9 Å². The molecule has 4 aromatic rings. The van der Waals surface area contributed by atoms with Crippen LogP contribution in [0.15, 0.2) is 113 Å². The van der Waals surface area contributed by atoms with Crippen molar-refractivity contribution in [3.05, 3.63) is 120 Å². The van der Waals surface area contributed by atoms with Gasteiger partial charge >= 0.3 is 0 Å². The molecule has 0 saturated carbocycles. The second-order valence-electron chi connectivity index (χ2n) is 10.4. The van der Waals surface area contributed by atoms with Crippen LogP contribution < -0.4 is 14.4 Å². The molecule has 0 unspecified atom stereocenters. The number of hydrogen-bond donors (Lipinski definition) is 1. The number of ether oxygens (including phenoxy) is 1. The van der Waals surface area contributed by atoms with E-state index in [4.69, 9.17) is 4.74 Å². The Bertz CT molecular complexity index is 1660. The molecule has 0 aliphatic carbocycles. The Hall–Kier alpha value is -4.28. The zero-order valence-corrected chi connectivity index (χ0v) is 27.6. The third-order valence-electron chi connectivity index (χ3n) is 7.35. The molecule has 10 heteroatoms. The van der Waals surface area contributed by atoms with Crippen LogP contribution in [0.25, 0.3) is 0 Å². The van der Waals surface area contributed by atoms with E-state index in [0.29, 0.717) is 18.0 Å². The number of aryl methyl sites for hydroxylation is 1. The summed E-state index contributed by atoms with van der Waals surface area (Å²) in [7, 11) is -2.65. The van der Waals surface area contributed by atoms with Crippen LogP contribution in [0.1, 0.15) is 23.6 Å². The normalized spacial score (nSPS) is 11.8. The maximum Gasteiger partial charge on any atom is 0.264 e. The van der Waals surface area contributed by atoms with Crippen molar-refractivity contribution in [2.45, 2.75) is 42.6 Å². The lowest BCUT2D eigenvalue weighted by Crippen LogP contribution is -2.53. The van der Waals surface area contributed by atoms with Gasteiger partial charge in [0.05, 0.1) is 17.2 Å². The molecular weight excluding hydrogens is 607 g/mol. The summed E-state index contributed by atoms with van der Waals surface area (Å²) in [6.45, 7) is 3.89. The maximum atomic E-state index is 14.4. The second kappa shape index (κ2) is 15.6. The summed E-state index contributed by atoms with van der Waals surface area (Å²) in [4.78, 5) is 30.2. The molecule has 0 aliphatic rings. The highest BCUT2D eigenvalue weighted by Gasteiger charge is 2.34. The van der Waals surface area contributed by atoms with Gasteiger partial charge < -0.3 is 15.0 Å². The Labute approximate surface area is 270 Å². The predicted octanol–water partition coefficient (Wildman–Crippen LogP) is 5.70. The number of sulfonamides is 1. The van der Waals surface area contributed by atoms with Crippen molar-refractivity contribution in [1.29, 1.82) is 0 Å². The molecule has 1 atom stereocenters. The SMILES string of the molecule is CCOc1ccc(N(CC(=O)N(Cc2ccc(C)cc2)[C@H](Cc2ccccc2)C(=O)NC)S(=O)(=O)c2ccc(SC)cc2)cc1. The summed E-state index contributed by atoms with van der Waals surface area (Å²) in [5, 5.41) is 2.71. The average molecular weight is 646 g/mol. The van der Waals surface area contributed by atoms with Crippen LogP contribution >= 0.6 is 11.8 Å². The molecule has 0 bridgehead atoms. The largest absolute Gasteiger partial charge is 0.494 e. The number of carbonyl (C=O) groups excluding carboxylic acids is 2. The lowest BCUT2D eigenvalue weighted by molar-refractivity contribution is -0.139. The van der Waals surface area contributed by atoms with E-state index >= 15 is 0 Å². The Morgan fingerprint density at radius 2 is 1.51 bits per heavy atom. The van der Waals surface area contributed by atoms with E-state index in [1.165, 1.54) is 23.7 Å². The van der Waals surface area contributed by atoms with Crippen LogP contribution in [0, 0.1) is 6.92 Å². The first-order valence-corrected chi connectivity index (χ1v) is 17.3. The number of hydrogen-bond acceptors (Lipinski definition) is 6. The molecule has 8 nitrogen and oxygen atoms in total. The predicted molar refractivity (Wildman–Crippen MR) is 180 cm³/mol. The van der Waals surface area contributed by atoms with Crippen LogP contribution in [0.5, 0.6) is 5.75 Å². The summed E-state index contributed by atoms with van der Waals surface area (Å²) < 4.78 is 35.0. The summed E-state index contributed by atoms with van der Waals surface area (Å²) in [6.07, 6.45) is 2.17. The lowest BCUT2D eigenvalue weighted by Gasteiger charge is -2.33. The van der Waals surface area contributed by atoms with Gasteiger partial charge in [-0.1, -0.05) is 60.2 Å². The van der Waals surface area contributed by atoms with E-state index < -0.39 is 28.5 Å². The van der Waals surface area contributed by atoms with Crippen molar-refractivity contribution >= 4 is 39.3 Å². The van der Waals surface area contributed by atoms with Crippen molar-refractivity contribution in [3.63, 3.8) is 0 Å². The quantitative estimate of drug-likeness (QED) is 0.177. The van der Waals surface area contributed by atoms with Crippen molar-refractivity contribution in [3.8, 4) is 5.75 Å². The number of nitrogens with one attached hydrogen (secondary N) is 1. The number of benzene rings is 4. The van der Waals surface area contributed by atoms with Gasteiger partial charge in [-0.05, 0) is 79.8 Å². The molecule has 2 amide bonds. The molecular formula is C35H39N3O5S2. The minimum atomic E-state index is -4.19. The first-order chi connectivity index (χ1) is 21.7. The number of nitrogens with zero attached hydrogens (tertiary/aromatic N) is 2. The standard InChI is InChI=1S/C35H39N3O5S2/c1-5-43-30-17-15-29(16-18-30)38(45(41,42)32-21-19-31(44-4)20-22-32)25-34(39)37(24-28-13-11-26(2)12-14-28)33(35(40)36-3)23-27-9-7-6-8-10-27/h6-22,33H,5,23-25H2,1-4H3,(H,36,40)/t33-/m1/s1. The third-order valence-corrected chi connectivity index (χ3v) is 9.88. The fourth-order valence-electron chi connectivity index (χ4n) is 4.89. The van der Waals surface area contributed by atoms with Gasteiger partial charge in [0, 0.05) is 24.9 Å². The molecule has 4 rings (SSSR count). The van der Waals surface area contributed by atoms with Crippen LogP contribution in [0.2, 0.25) is 0 Å². The topological polar surface area (TPSA) is 96.0 Å². The molecule has 1 N–H and O–H groups in total. The Morgan fingerprint density at radius 1 is 0.867 bits per heavy atom. The Balaban J connectivity index is 1.78. The van der Waals surface area contributed by atoms with Crippen LogP contribution in [-0.4, -0.2) is 57.6 Å². The van der Waals surface area contributed by atoms with E-state index in [9.17, 15) is 18.0 Å². The van der Waals surface area contributed by atoms with Gasteiger partial charge in [-0.3, -0.25) is 13.9 Å². The molecule has 0 spiro atoms. The number of anilines is 1. The van der Waals surface area contributed by atoms with Gasteiger partial charge in [0.25, 0.3) is 10.0 Å². The Kier molecular flexibility index (Phi) is 11.7. The molecule has 0 radical (unpaired) electrons. The number of carbonyl (C=O) groups is 2. The molecule has 236 valence electrons. The molecule has 0 saturated heterocycles. The fraction of sp³-hybridized carbons (Fsp3) is 0.257. The average Bonchev–Trinajstić information content (AvgIpc) is 3.06. The molecule has 45 heavy (non-hydrogen) atoms. The van der Waals surface area contributed by atoms with Crippen molar-refractivity contribution in [2.75, 3.05) is 30.8 Å². The van der Waals surface area contributed by atoms with Gasteiger partial charge in [-0.2, -0.15) is 0 Å². The minimum Gasteiger partial charge on any atom is -0.494 e. The highest BCUT2D eigenvalue weighted by atomic mass is 32.2. The zero-order valence-electron chi connectivity index (χ0n) is 26.0. The van der Waals surface area contributed by atoms with Gasteiger partial charge in [-0.15, -0.1) is 11.8 Å². The molecule has 0 heterocycles. The first-order valence-electron chi connectivity index (χ1n) is 14.7. The number of amides is 2. The number of rotatable bonds is 14. The van der Waals surface area contributed by atoms with Crippen molar-refractivity contribution < 1.29 is 22.7 Å². The second-order valence-corrected chi connectivity index (χ2v) is 13.2. The van der Waals surface area contributed by atoms with Crippen LogP contribution in [0.3, 0.4) is 0 Å². The summed E-state index contributed by atoms with van der Waals surface area (Å²) in [5.41, 5.74) is 3.05. The van der Waals surface area contributed by atoms with E-state index in [2.05, 4.69) is 5.32 Å². The molecule has 0 fully saturated rings. The number of likely N-dealkylation sites (N-methyl/N-ethyl adjacent to an activating group) is 1. The highest BCUT2D eigenvalue weighted by Crippen LogP contribution is 2.28. The highest BCUT2D eigenvalue weighted by molar-refractivity contribution is 7.98. The smallest absolute Gasteiger partial charge is 0.264 e. The number of thioether (sulfide) groups is 1. The zero-order chi connectivity index (χ0) is 32.4. The first kappa shape index (κ1) is 33.6. The molecule has 0 aliphatic heterocycles. The van der Waals surface area contributed by atoms with Crippen molar-refractivity contribution in [2.24, 2.45) is 0 Å². The minimum absolute atomic E-state index is 0.0548. The van der Waals surface area contributed by atoms with E-state index in [-0.39, 0.29) is 23.8 Å². The molecule has 4 aromatic carbocycles. The lowest BCUT2D eigenvalue weighted by atomic mass is 10.0. The summed E-state index contributed by atoms with van der Waals surface area (Å²) in [5.74, 6) is -0.279. The van der Waals surface area contributed by atoms with Crippen LogP contribution in [0.4, 0.5) is 5.69 Å². The summed E-state index contributed by atoms with van der Waals surface area (Å²) >= 11 is 1.50. The monoisotopic (exact) mass is 645 g/mol. The summed E-state index contributed by atoms with van der Waals surface area (Å²) in [6, 6.07) is 29.4. The van der Waals surface area contributed by atoms with Gasteiger partial charge in [0.2, 0.25) is 11.8 Å². The Morgan fingerprint density at radius 3 is 2.09 bits per heavy atom. The van der Waals surface area contributed by atoms with E-state index in [1.807, 2.05) is 74.7 Å². The van der Waals surface area contributed by atoms with Crippen LogP contribution in [-0.2, 0) is 32.6 Å².